The molecule has 0 amide bonds. The van der Waals surface area contributed by atoms with Crippen LogP contribution in [-0.4, -0.2) is 35.9 Å². The minimum absolute atomic E-state index is 0.00428. The summed E-state index contributed by atoms with van der Waals surface area (Å²) in [4.78, 5) is 36.5. The average molecular weight is 430 g/mol. The van der Waals surface area contributed by atoms with Gasteiger partial charge in [0.15, 0.2) is 5.65 Å². The number of H-pyrrole nitrogens is 2. The van der Waals surface area contributed by atoms with Crippen molar-refractivity contribution in [3.8, 4) is 17.0 Å². The number of nitrogens with zero attached hydrogens (tertiary/aromatic N) is 4. The predicted molar refractivity (Wildman–Crippen MR) is 101 cm³/mol. The number of hydrogen-bond acceptors (Lipinski definition) is 6. The summed E-state index contributed by atoms with van der Waals surface area (Å²) in [6.45, 7) is 0. The molecular weight excluding hydrogens is 417 g/mol. The van der Waals surface area contributed by atoms with Gasteiger partial charge in [-0.3, -0.25) is 14.8 Å². The van der Waals surface area contributed by atoms with Crippen LogP contribution >= 0.6 is 0 Å². The van der Waals surface area contributed by atoms with Crippen molar-refractivity contribution < 1.29 is 17.9 Å². The van der Waals surface area contributed by atoms with Gasteiger partial charge < -0.3 is 9.72 Å². The number of aromatic nitrogens is 6. The van der Waals surface area contributed by atoms with Crippen LogP contribution in [0.1, 0.15) is 29.5 Å². The zero-order chi connectivity index (χ0) is 21.8. The highest BCUT2D eigenvalue weighted by Gasteiger charge is 2.42. The van der Waals surface area contributed by atoms with Crippen molar-refractivity contribution in [2.45, 2.75) is 24.6 Å². The van der Waals surface area contributed by atoms with Crippen LogP contribution in [-0.2, 0) is 0 Å². The van der Waals surface area contributed by atoms with E-state index in [1.807, 2.05) is 0 Å². The molecule has 2 N–H and O–H groups in total. The van der Waals surface area contributed by atoms with E-state index in [0.717, 1.165) is 11.8 Å². The Bertz CT molecular complexity index is 1390. The summed E-state index contributed by atoms with van der Waals surface area (Å²) >= 11 is 0. The summed E-state index contributed by atoms with van der Waals surface area (Å²) in [6.07, 6.45) is 1.49. The first-order chi connectivity index (χ1) is 14.8. The number of nitrogens with one attached hydrogen (secondary N) is 2. The second kappa shape index (κ2) is 6.79. The third-order valence-electron chi connectivity index (χ3n) is 5.05. The Morgan fingerprint density at radius 2 is 2.00 bits per heavy atom. The van der Waals surface area contributed by atoms with Crippen LogP contribution in [0.2, 0.25) is 0 Å². The third-order valence-corrected chi connectivity index (χ3v) is 5.05. The molecule has 0 bridgehead atoms. The molecule has 0 radical (unpaired) electrons. The molecular formula is C19H13F3N6O3. The van der Waals surface area contributed by atoms with Crippen LogP contribution in [0.4, 0.5) is 13.2 Å². The lowest BCUT2D eigenvalue weighted by molar-refractivity contribution is -0.274. The Kier molecular flexibility index (Phi) is 4.17. The highest BCUT2D eigenvalue weighted by molar-refractivity contribution is 5.63. The lowest BCUT2D eigenvalue weighted by atomic mass is 10.1. The molecule has 12 heteroatoms. The molecule has 0 aliphatic heterocycles. The zero-order valence-electron chi connectivity index (χ0n) is 15.6. The first-order valence-corrected chi connectivity index (χ1v) is 9.17. The molecule has 1 saturated carbocycles. The molecule has 0 saturated heterocycles. The number of hydrogen-bond donors (Lipinski definition) is 2. The molecule has 4 heterocycles. The molecule has 0 spiro atoms. The number of fused-ring (bicyclic) bond motifs is 1. The Hall–Kier alpha value is -3.96. The van der Waals surface area contributed by atoms with Gasteiger partial charge in [0, 0.05) is 35.8 Å². The lowest BCUT2D eigenvalue weighted by Gasteiger charge is -2.09. The van der Waals surface area contributed by atoms with Gasteiger partial charge in [-0.25, -0.2) is 14.3 Å². The lowest BCUT2D eigenvalue weighted by Crippen LogP contribution is -2.23. The molecule has 31 heavy (non-hydrogen) atoms. The van der Waals surface area contributed by atoms with Gasteiger partial charge in [-0.15, -0.1) is 13.2 Å². The van der Waals surface area contributed by atoms with Crippen molar-refractivity contribution in [3.63, 3.8) is 0 Å². The van der Waals surface area contributed by atoms with E-state index >= 15 is 0 Å². The molecule has 1 aliphatic rings. The normalized spacial score (nSPS) is 18.3. The molecule has 1 fully saturated rings. The van der Waals surface area contributed by atoms with Gasteiger partial charge in [-0.1, -0.05) is 0 Å². The minimum atomic E-state index is -4.77. The maximum absolute atomic E-state index is 12.3. The summed E-state index contributed by atoms with van der Waals surface area (Å²) in [7, 11) is 0. The van der Waals surface area contributed by atoms with Crippen LogP contribution < -0.4 is 16.0 Å². The molecule has 4 aromatic rings. The summed E-state index contributed by atoms with van der Waals surface area (Å²) in [5.41, 5.74) is 1.41. The van der Waals surface area contributed by atoms with Gasteiger partial charge in [-0.05, 0) is 30.5 Å². The van der Waals surface area contributed by atoms with Crippen molar-refractivity contribution in [2.75, 3.05) is 0 Å². The van der Waals surface area contributed by atoms with Crippen molar-refractivity contribution in [1.29, 1.82) is 0 Å². The van der Waals surface area contributed by atoms with Crippen molar-refractivity contribution in [2.24, 2.45) is 0 Å². The van der Waals surface area contributed by atoms with Crippen LogP contribution in [0.25, 0.3) is 16.9 Å². The minimum Gasteiger partial charge on any atom is -0.404 e. The fraction of sp³-hybridized carbons (Fsp3) is 0.211. The predicted octanol–water partition coefficient (Wildman–Crippen LogP) is 2.34. The summed E-state index contributed by atoms with van der Waals surface area (Å²) in [5.74, 6) is -0.410. The fourth-order valence-electron chi connectivity index (χ4n) is 3.62. The van der Waals surface area contributed by atoms with Crippen LogP contribution in [0, 0.1) is 0 Å². The number of imidazole rings is 1. The Morgan fingerprint density at radius 1 is 1.16 bits per heavy atom. The highest BCUT2D eigenvalue weighted by atomic mass is 19.4. The quantitative estimate of drug-likeness (QED) is 0.513. The van der Waals surface area contributed by atoms with E-state index in [2.05, 4.69) is 29.8 Å². The Labute approximate surface area is 170 Å². The van der Waals surface area contributed by atoms with E-state index < -0.39 is 17.6 Å². The van der Waals surface area contributed by atoms with E-state index in [0.29, 0.717) is 23.5 Å². The first-order valence-electron chi connectivity index (χ1n) is 9.17. The monoisotopic (exact) mass is 430 g/mol. The van der Waals surface area contributed by atoms with Gasteiger partial charge in [0.05, 0.1) is 17.5 Å². The summed E-state index contributed by atoms with van der Waals surface area (Å²) in [5, 5.41) is 4.38. The molecule has 0 aromatic carbocycles. The van der Waals surface area contributed by atoms with Crippen molar-refractivity contribution >= 4 is 5.65 Å². The second-order valence-corrected chi connectivity index (χ2v) is 7.08. The maximum Gasteiger partial charge on any atom is 0.573 e. The molecule has 5 rings (SSSR count). The molecule has 2 atom stereocenters. The number of pyridine rings is 1. The standard InChI is InChI=1S/C19H13F3N6O3/c20-19(21,22)31-9-1-2-14(24-7-9)11-5-10(11)12-6-15(27-28-4-3-23-16(12)28)13-8-25-18(30)26-17(13)29/h1-4,6-8,10-11H,5H2,(H2,25,26,29,30)/t10-,11-/m0/s1. The van der Waals surface area contributed by atoms with Gasteiger partial charge in [0.2, 0.25) is 0 Å². The SMILES string of the molecule is O=c1[nH]cc(-c2cc([C@H]3C[C@@H]3c3ccc(OC(F)(F)F)cn3)c3nccn3n2)c(=O)[nH]1. The van der Waals surface area contributed by atoms with E-state index in [-0.39, 0.29) is 23.1 Å². The smallest absolute Gasteiger partial charge is 0.404 e. The summed E-state index contributed by atoms with van der Waals surface area (Å²) in [6, 6.07) is 4.47. The zero-order valence-corrected chi connectivity index (χ0v) is 15.6. The maximum atomic E-state index is 12.3. The third kappa shape index (κ3) is 3.67. The van der Waals surface area contributed by atoms with E-state index in [9.17, 15) is 22.8 Å². The Balaban J connectivity index is 1.48. The highest BCUT2D eigenvalue weighted by Crippen LogP contribution is 2.55. The van der Waals surface area contributed by atoms with E-state index in [1.54, 1.807) is 18.5 Å². The molecule has 4 aromatic heterocycles. The van der Waals surface area contributed by atoms with Crippen molar-refractivity contribution in [3.05, 3.63) is 75.1 Å². The number of rotatable bonds is 4. The fourth-order valence-corrected chi connectivity index (χ4v) is 3.62. The largest absolute Gasteiger partial charge is 0.573 e. The molecule has 1 aliphatic carbocycles. The number of alkyl halides is 3. The van der Waals surface area contributed by atoms with Crippen LogP contribution in [0.15, 0.2) is 52.6 Å². The van der Waals surface area contributed by atoms with Crippen LogP contribution in [0.5, 0.6) is 5.75 Å². The number of halogens is 3. The topological polar surface area (TPSA) is 118 Å². The molecule has 158 valence electrons. The van der Waals surface area contributed by atoms with Gasteiger partial charge in [0.25, 0.3) is 5.56 Å². The first kappa shape index (κ1) is 19.0. The average Bonchev–Trinajstić information content (AvgIpc) is 3.35. The van der Waals surface area contributed by atoms with Crippen molar-refractivity contribution in [1.82, 2.24) is 29.5 Å². The van der Waals surface area contributed by atoms with E-state index in [4.69, 9.17) is 0 Å². The van der Waals surface area contributed by atoms with Gasteiger partial charge >= 0.3 is 12.1 Å². The number of ether oxygens (including phenoxy) is 1. The Morgan fingerprint density at radius 3 is 2.71 bits per heavy atom. The number of aromatic amines is 2. The van der Waals surface area contributed by atoms with E-state index in [1.165, 1.54) is 22.8 Å². The second-order valence-electron chi connectivity index (χ2n) is 7.08. The van der Waals surface area contributed by atoms with Crippen LogP contribution in [0.3, 0.4) is 0 Å². The summed E-state index contributed by atoms with van der Waals surface area (Å²) < 4.78 is 42.4. The molecule has 0 unspecified atom stereocenters. The van der Waals surface area contributed by atoms with Gasteiger partial charge in [0.1, 0.15) is 5.75 Å². The van der Waals surface area contributed by atoms with Gasteiger partial charge in [-0.2, -0.15) is 5.10 Å². The molecule has 9 nitrogen and oxygen atoms in total.